The molecule has 0 saturated heterocycles. The van der Waals surface area contributed by atoms with Crippen LogP contribution < -0.4 is 0 Å². The summed E-state index contributed by atoms with van der Waals surface area (Å²) in [6, 6.07) is 7.44. The number of fused-ring (bicyclic) bond motifs is 1. The maximum Gasteiger partial charge on any atom is 0.133 e. The van der Waals surface area contributed by atoms with Gasteiger partial charge in [-0.15, -0.1) is 6.58 Å². The molecule has 0 radical (unpaired) electrons. The average molecular weight is 174 g/mol. The van der Waals surface area contributed by atoms with E-state index in [2.05, 4.69) is 6.58 Å². The number of aliphatic hydroxyl groups is 1. The summed E-state index contributed by atoms with van der Waals surface area (Å²) < 4.78 is 5.18. The number of rotatable bonds is 2. The van der Waals surface area contributed by atoms with Crippen LogP contribution in [0.5, 0.6) is 0 Å². The maximum absolute atomic E-state index is 9.48. The minimum absolute atomic E-state index is 0.598. The van der Waals surface area contributed by atoms with E-state index in [1.807, 2.05) is 24.3 Å². The fraction of sp³-hybridized carbons (Fsp3) is 0.0909. The fourth-order valence-electron chi connectivity index (χ4n) is 1.31. The Hall–Kier alpha value is -1.54. The second-order valence-corrected chi connectivity index (χ2v) is 2.90. The predicted octanol–water partition coefficient (Wildman–Crippen LogP) is 2.65. The van der Waals surface area contributed by atoms with Crippen LogP contribution in [0.25, 0.3) is 11.0 Å². The first-order valence-electron chi connectivity index (χ1n) is 4.09. The summed E-state index contributed by atoms with van der Waals surface area (Å²) in [7, 11) is 0. The van der Waals surface area contributed by atoms with Gasteiger partial charge in [0, 0.05) is 5.39 Å². The number of furan rings is 1. The molecule has 2 nitrogen and oxygen atoms in total. The van der Waals surface area contributed by atoms with Gasteiger partial charge >= 0.3 is 0 Å². The van der Waals surface area contributed by atoms with Gasteiger partial charge in [0.15, 0.2) is 0 Å². The van der Waals surface area contributed by atoms with Crippen LogP contribution in [0.15, 0.2) is 47.6 Å². The van der Waals surface area contributed by atoms with Crippen LogP contribution in [0, 0.1) is 0 Å². The summed E-state index contributed by atoms with van der Waals surface area (Å²) in [4.78, 5) is 0. The van der Waals surface area contributed by atoms with E-state index in [9.17, 15) is 5.11 Å². The zero-order valence-corrected chi connectivity index (χ0v) is 7.10. The van der Waals surface area contributed by atoms with Crippen molar-refractivity contribution in [2.45, 2.75) is 6.10 Å². The predicted molar refractivity (Wildman–Crippen MR) is 51.4 cm³/mol. The molecule has 1 atom stereocenters. The summed E-state index contributed by atoms with van der Waals surface area (Å²) in [5.41, 5.74) is 1.67. The molecule has 2 aromatic rings. The van der Waals surface area contributed by atoms with Crippen molar-refractivity contribution in [3.63, 3.8) is 0 Å². The Morgan fingerprint density at radius 3 is 3.00 bits per heavy atom. The van der Waals surface area contributed by atoms with Gasteiger partial charge in [-0.3, -0.25) is 0 Å². The molecule has 1 heterocycles. The van der Waals surface area contributed by atoms with Gasteiger partial charge in [-0.1, -0.05) is 12.1 Å². The molecule has 0 fully saturated rings. The van der Waals surface area contributed by atoms with Gasteiger partial charge in [0.05, 0.1) is 12.4 Å². The lowest BCUT2D eigenvalue weighted by molar-refractivity contribution is 0.229. The molecule has 0 aliphatic rings. The minimum atomic E-state index is -0.598. The van der Waals surface area contributed by atoms with Gasteiger partial charge < -0.3 is 9.52 Å². The SMILES string of the molecule is C=CC(O)c1ccc2occc2c1. The number of aliphatic hydroxyl groups excluding tert-OH is 1. The molecule has 1 N–H and O–H groups in total. The third-order valence-electron chi connectivity index (χ3n) is 2.04. The standard InChI is InChI=1S/C11H10O2/c1-2-10(12)8-3-4-11-9(7-8)5-6-13-11/h2-7,10,12H,1H2. The van der Waals surface area contributed by atoms with Crippen molar-refractivity contribution in [3.05, 3.63) is 48.7 Å². The van der Waals surface area contributed by atoms with Crippen LogP contribution in [-0.2, 0) is 0 Å². The summed E-state index contributed by atoms with van der Waals surface area (Å²) >= 11 is 0. The number of hydrogen-bond acceptors (Lipinski definition) is 2. The highest BCUT2D eigenvalue weighted by molar-refractivity contribution is 5.77. The Kier molecular flexibility index (Phi) is 1.91. The van der Waals surface area contributed by atoms with Crippen LogP contribution in [-0.4, -0.2) is 5.11 Å². The monoisotopic (exact) mass is 174 g/mol. The Labute approximate surface area is 76.1 Å². The normalized spacial score (nSPS) is 13.0. The van der Waals surface area contributed by atoms with Crippen molar-refractivity contribution >= 4 is 11.0 Å². The second-order valence-electron chi connectivity index (χ2n) is 2.90. The molecule has 2 rings (SSSR count). The highest BCUT2D eigenvalue weighted by Gasteiger charge is 2.04. The van der Waals surface area contributed by atoms with E-state index in [1.165, 1.54) is 6.08 Å². The summed E-state index contributed by atoms with van der Waals surface area (Å²) in [5.74, 6) is 0. The van der Waals surface area contributed by atoms with E-state index in [-0.39, 0.29) is 0 Å². The van der Waals surface area contributed by atoms with Gasteiger partial charge in [-0.2, -0.15) is 0 Å². The molecule has 0 spiro atoms. The fourth-order valence-corrected chi connectivity index (χ4v) is 1.31. The van der Waals surface area contributed by atoms with E-state index >= 15 is 0 Å². The van der Waals surface area contributed by atoms with Gasteiger partial charge in [0.2, 0.25) is 0 Å². The lowest BCUT2D eigenvalue weighted by Gasteiger charge is -2.04. The minimum Gasteiger partial charge on any atom is -0.464 e. The zero-order chi connectivity index (χ0) is 9.26. The molecule has 1 aromatic carbocycles. The lowest BCUT2D eigenvalue weighted by atomic mass is 10.1. The van der Waals surface area contributed by atoms with Crippen molar-refractivity contribution in [2.24, 2.45) is 0 Å². The topological polar surface area (TPSA) is 33.4 Å². The Balaban J connectivity index is 2.53. The molecule has 13 heavy (non-hydrogen) atoms. The van der Waals surface area contributed by atoms with E-state index < -0.39 is 6.10 Å². The highest BCUT2D eigenvalue weighted by Crippen LogP contribution is 2.21. The molecule has 2 heteroatoms. The first kappa shape index (κ1) is 8.08. The number of benzene rings is 1. The molecule has 0 amide bonds. The summed E-state index contributed by atoms with van der Waals surface area (Å²) in [5, 5.41) is 10.5. The van der Waals surface area contributed by atoms with E-state index in [4.69, 9.17) is 4.42 Å². The number of hydrogen-bond donors (Lipinski definition) is 1. The third kappa shape index (κ3) is 1.36. The van der Waals surface area contributed by atoms with Gasteiger partial charge in [0.25, 0.3) is 0 Å². The van der Waals surface area contributed by atoms with Crippen LogP contribution in [0.1, 0.15) is 11.7 Å². The highest BCUT2D eigenvalue weighted by atomic mass is 16.3. The second kappa shape index (κ2) is 3.07. The zero-order valence-electron chi connectivity index (χ0n) is 7.10. The first-order valence-corrected chi connectivity index (χ1v) is 4.09. The van der Waals surface area contributed by atoms with Gasteiger partial charge in [0.1, 0.15) is 5.58 Å². The molecule has 0 aliphatic carbocycles. The summed E-state index contributed by atoms with van der Waals surface area (Å²) in [6.07, 6.45) is 2.54. The molecular formula is C11H10O2. The molecule has 66 valence electrons. The van der Waals surface area contributed by atoms with Crippen molar-refractivity contribution < 1.29 is 9.52 Å². The van der Waals surface area contributed by atoms with Crippen LogP contribution in [0.4, 0.5) is 0 Å². The largest absolute Gasteiger partial charge is 0.464 e. The Morgan fingerprint density at radius 2 is 2.23 bits per heavy atom. The molecule has 1 aromatic heterocycles. The van der Waals surface area contributed by atoms with Crippen LogP contribution in [0.2, 0.25) is 0 Å². The maximum atomic E-state index is 9.48. The average Bonchev–Trinajstić information content (AvgIpc) is 2.63. The van der Waals surface area contributed by atoms with E-state index in [0.29, 0.717) is 0 Å². The molecule has 0 bridgehead atoms. The third-order valence-corrected chi connectivity index (χ3v) is 2.04. The van der Waals surface area contributed by atoms with Crippen molar-refractivity contribution in [1.82, 2.24) is 0 Å². The lowest BCUT2D eigenvalue weighted by Crippen LogP contribution is -1.90. The Morgan fingerprint density at radius 1 is 1.38 bits per heavy atom. The van der Waals surface area contributed by atoms with E-state index in [0.717, 1.165) is 16.5 Å². The van der Waals surface area contributed by atoms with Crippen LogP contribution in [0.3, 0.4) is 0 Å². The Bertz CT molecular complexity index is 428. The van der Waals surface area contributed by atoms with Crippen molar-refractivity contribution in [3.8, 4) is 0 Å². The van der Waals surface area contributed by atoms with Gasteiger partial charge in [-0.25, -0.2) is 0 Å². The molecule has 0 saturated carbocycles. The molecule has 1 unspecified atom stereocenters. The van der Waals surface area contributed by atoms with Crippen molar-refractivity contribution in [1.29, 1.82) is 0 Å². The first-order chi connectivity index (χ1) is 6.31. The van der Waals surface area contributed by atoms with Crippen molar-refractivity contribution in [2.75, 3.05) is 0 Å². The molecular weight excluding hydrogens is 164 g/mol. The molecule has 0 aliphatic heterocycles. The summed E-state index contributed by atoms with van der Waals surface area (Å²) in [6.45, 7) is 3.53. The smallest absolute Gasteiger partial charge is 0.133 e. The quantitative estimate of drug-likeness (QED) is 0.710. The van der Waals surface area contributed by atoms with E-state index in [1.54, 1.807) is 6.26 Å². The van der Waals surface area contributed by atoms with Crippen LogP contribution >= 0.6 is 0 Å². The van der Waals surface area contributed by atoms with Gasteiger partial charge in [-0.05, 0) is 23.8 Å².